The summed E-state index contributed by atoms with van der Waals surface area (Å²) < 4.78 is 5.46. The van der Waals surface area contributed by atoms with Crippen LogP contribution in [0.1, 0.15) is 23.8 Å². The summed E-state index contributed by atoms with van der Waals surface area (Å²) in [6.45, 7) is 2.25. The van der Waals surface area contributed by atoms with Gasteiger partial charge < -0.3 is 4.42 Å². The summed E-state index contributed by atoms with van der Waals surface area (Å²) in [5, 5.41) is 1.20. The number of hydrogen-bond donors (Lipinski definition) is 0. The molecule has 1 aliphatic carbocycles. The number of thiophene rings is 1. The van der Waals surface area contributed by atoms with Gasteiger partial charge in [-0.1, -0.05) is 30.7 Å². The molecule has 1 aromatic carbocycles. The average Bonchev–Trinajstić information content (AvgIpc) is 2.85. The quantitative estimate of drug-likeness (QED) is 0.649. The molecule has 5 heteroatoms. The molecular formula is C17H14ClNO2S. The first-order chi connectivity index (χ1) is 10.6. The Morgan fingerprint density at radius 2 is 2.18 bits per heavy atom. The molecule has 2 heterocycles. The van der Waals surface area contributed by atoms with Crippen LogP contribution in [0.15, 0.2) is 33.5 Å². The molecule has 1 atom stereocenters. The van der Waals surface area contributed by atoms with Crippen molar-refractivity contribution in [3.05, 3.63) is 50.1 Å². The molecule has 1 aliphatic rings. The van der Waals surface area contributed by atoms with E-state index in [9.17, 15) is 4.79 Å². The molecule has 0 saturated carbocycles. The van der Waals surface area contributed by atoms with Crippen LogP contribution in [0.4, 0.5) is 0 Å². The Kier molecular flexibility index (Phi) is 3.31. The highest BCUT2D eigenvalue weighted by atomic mass is 35.5. The molecule has 0 radical (unpaired) electrons. The smallest absolute Gasteiger partial charge is 0.348 e. The maximum atomic E-state index is 12.5. The summed E-state index contributed by atoms with van der Waals surface area (Å²) in [4.78, 5) is 19.1. The number of hydrogen-bond acceptors (Lipinski definition) is 4. The Bertz CT molecular complexity index is 928. The van der Waals surface area contributed by atoms with Crippen LogP contribution in [-0.2, 0) is 12.8 Å². The predicted octanol–water partition coefficient (Wildman–Crippen LogP) is 4.69. The zero-order chi connectivity index (χ0) is 15.3. The Morgan fingerprint density at radius 1 is 1.36 bits per heavy atom. The molecule has 2 aromatic heterocycles. The van der Waals surface area contributed by atoms with E-state index in [1.54, 1.807) is 17.4 Å². The van der Waals surface area contributed by atoms with Crippen LogP contribution in [0.25, 0.3) is 21.7 Å². The van der Waals surface area contributed by atoms with E-state index in [-0.39, 0.29) is 5.63 Å². The van der Waals surface area contributed by atoms with Crippen molar-refractivity contribution in [1.29, 1.82) is 0 Å². The zero-order valence-electron chi connectivity index (χ0n) is 12.1. The number of fused-ring (bicyclic) bond motifs is 3. The molecule has 0 bridgehead atoms. The summed E-state index contributed by atoms with van der Waals surface area (Å²) in [6.07, 6.45) is 3.08. The molecule has 0 unspecified atom stereocenters. The second kappa shape index (κ2) is 5.21. The van der Waals surface area contributed by atoms with Crippen LogP contribution in [0.3, 0.4) is 0 Å². The molecule has 3 nitrogen and oxygen atoms in total. The molecular weight excluding hydrogens is 318 g/mol. The molecule has 0 saturated heterocycles. The Morgan fingerprint density at radius 3 is 3.00 bits per heavy atom. The molecule has 0 spiro atoms. The van der Waals surface area contributed by atoms with Crippen LogP contribution in [-0.4, -0.2) is 4.98 Å². The van der Waals surface area contributed by atoms with Crippen molar-refractivity contribution >= 4 is 33.2 Å². The van der Waals surface area contributed by atoms with Crippen LogP contribution < -0.4 is 5.63 Å². The van der Waals surface area contributed by atoms with E-state index in [2.05, 4.69) is 11.9 Å². The van der Waals surface area contributed by atoms with Crippen molar-refractivity contribution < 1.29 is 4.42 Å². The Hall–Kier alpha value is -1.65. The minimum atomic E-state index is -0.299. The number of rotatable bonds is 1. The van der Waals surface area contributed by atoms with Crippen molar-refractivity contribution in [1.82, 2.24) is 4.98 Å². The molecule has 3 aromatic rings. The van der Waals surface area contributed by atoms with E-state index >= 15 is 0 Å². The fraction of sp³-hybridized carbons (Fsp3) is 0.294. The van der Waals surface area contributed by atoms with E-state index in [1.165, 1.54) is 4.88 Å². The second-order valence-electron chi connectivity index (χ2n) is 5.82. The van der Waals surface area contributed by atoms with Gasteiger partial charge in [-0.15, -0.1) is 11.3 Å². The first-order valence-electron chi connectivity index (χ1n) is 7.34. The average molecular weight is 332 g/mol. The van der Waals surface area contributed by atoms with Gasteiger partial charge in [-0.05, 0) is 42.9 Å². The van der Waals surface area contributed by atoms with Crippen LogP contribution in [0.5, 0.6) is 0 Å². The fourth-order valence-electron chi connectivity index (χ4n) is 3.03. The topological polar surface area (TPSA) is 43.1 Å². The minimum Gasteiger partial charge on any atom is -0.403 e. The zero-order valence-corrected chi connectivity index (χ0v) is 13.6. The van der Waals surface area contributed by atoms with E-state index in [1.807, 2.05) is 18.2 Å². The molecule has 112 valence electrons. The van der Waals surface area contributed by atoms with Gasteiger partial charge in [-0.25, -0.2) is 9.78 Å². The summed E-state index contributed by atoms with van der Waals surface area (Å²) in [5.74, 6) is 0.963. The summed E-state index contributed by atoms with van der Waals surface area (Å²) in [6, 6.07) is 7.28. The third-order valence-electron chi connectivity index (χ3n) is 4.19. The van der Waals surface area contributed by atoms with Crippen molar-refractivity contribution in [2.45, 2.75) is 26.2 Å². The van der Waals surface area contributed by atoms with Crippen LogP contribution in [0.2, 0.25) is 5.02 Å². The molecule has 0 N–H and O–H groups in total. The van der Waals surface area contributed by atoms with Gasteiger partial charge >= 0.3 is 5.63 Å². The third kappa shape index (κ3) is 2.18. The van der Waals surface area contributed by atoms with Gasteiger partial charge in [0.05, 0.1) is 10.6 Å². The molecule has 0 aliphatic heterocycles. The van der Waals surface area contributed by atoms with Crippen LogP contribution >= 0.6 is 22.9 Å². The van der Waals surface area contributed by atoms with Crippen molar-refractivity contribution in [3.63, 3.8) is 0 Å². The van der Waals surface area contributed by atoms with Gasteiger partial charge in [0.25, 0.3) is 0 Å². The maximum absolute atomic E-state index is 12.5. The molecule has 4 rings (SSSR count). The van der Waals surface area contributed by atoms with E-state index in [0.717, 1.165) is 29.7 Å². The van der Waals surface area contributed by atoms with Gasteiger partial charge in [-0.2, -0.15) is 0 Å². The van der Waals surface area contributed by atoms with Gasteiger partial charge in [0.1, 0.15) is 10.2 Å². The monoisotopic (exact) mass is 331 g/mol. The van der Waals surface area contributed by atoms with E-state index in [4.69, 9.17) is 16.0 Å². The number of benzene rings is 1. The van der Waals surface area contributed by atoms with Gasteiger partial charge in [-0.3, -0.25) is 0 Å². The lowest BCUT2D eigenvalue weighted by Gasteiger charge is -2.17. The first kappa shape index (κ1) is 14.0. The summed E-state index contributed by atoms with van der Waals surface area (Å²) in [5.41, 5.74) is 1.50. The van der Waals surface area contributed by atoms with E-state index < -0.39 is 0 Å². The number of nitrogens with zero attached hydrogens (tertiary/aromatic N) is 1. The lowest BCUT2D eigenvalue weighted by molar-refractivity contribution is 0.503. The number of halogens is 1. The van der Waals surface area contributed by atoms with E-state index in [0.29, 0.717) is 27.8 Å². The highest BCUT2D eigenvalue weighted by Gasteiger charge is 2.24. The summed E-state index contributed by atoms with van der Waals surface area (Å²) >= 11 is 7.80. The van der Waals surface area contributed by atoms with Crippen LogP contribution in [0, 0.1) is 5.92 Å². The molecule has 22 heavy (non-hydrogen) atoms. The standard InChI is InChI=1S/C17H14ClNO2S/c1-9-6-7-11-13(8-9)22-16-14(11)17(20)21-15(19-16)10-4-2-3-5-12(10)18/h2-5,9H,6-8H2,1H3/t9-/m1/s1. The predicted molar refractivity (Wildman–Crippen MR) is 89.8 cm³/mol. The molecule has 0 amide bonds. The number of aromatic nitrogens is 1. The summed E-state index contributed by atoms with van der Waals surface area (Å²) in [7, 11) is 0. The van der Waals surface area contributed by atoms with Gasteiger partial charge in [0.2, 0.25) is 5.89 Å². The lowest BCUT2D eigenvalue weighted by atomic mass is 9.89. The lowest BCUT2D eigenvalue weighted by Crippen LogP contribution is -2.11. The minimum absolute atomic E-state index is 0.299. The Balaban J connectivity index is 1.95. The Labute approximate surface area is 136 Å². The SMILES string of the molecule is C[C@@H]1CCc2c(sc3nc(-c4ccccc4Cl)oc(=O)c23)C1. The van der Waals surface area contributed by atoms with Gasteiger partial charge in [0, 0.05) is 4.88 Å². The second-order valence-corrected chi connectivity index (χ2v) is 7.31. The first-order valence-corrected chi connectivity index (χ1v) is 8.53. The third-order valence-corrected chi connectivity index (χ3v) is 5.67. The van der Waals surface area contributed by atoms with Gasteiger partial charge in [0.15, 0.2) is 0 Å². The van der Waals surface area contributed by atoms with Crippen molar-refractivity contribution in [2.75, 3.05) is 0 Å². The largest absolute Gasteiger partial charge is 0.403 e. The highest BCUT2D eigenvalue weighted by Crippen LogP contribution is 2.37. The van der Waals surface area contributed by atoms with Crippen molar-refractivity contribution in [3.8, 4) is 11.5 Å². The fourth-order valence-corrected chi connectivity index (χ4v) is 4.61. The highest BCUT2D eigenvalue weighted by molar-refractivity contribution is 7.18. The number of aryl methyl sites for hydroxylation is 1. The maximum Gasteiger partial charge on any atom is 0.348 e. The van der Waals surface area contributed by atoms with Crippen molar-refractivity contribution in [2.24, 2.45) is 5.92 Å². The normalized spacial score (nSPS) is 17.6. The molecule has 0 fully saturated rings.